The van der Waals surface area contributed by atoms with Crippen LogP contribution in [-0.4, -0.2) is 28.8 Å². The number of amides is 1. The van der Waals surface area contributed by atoms with Crippen LogP contribution < -0.4 is 4.90 Å². The first kappa shape index (κ1) is 22.9. The lowest BCUT2D eigenvalue weighted by Crippen LogP contribution is -2.42. The van der Waals surface area contributed by atoms with Crippen molar-refractivity contribution >= 4 is 56.0 Å². The number of carboxylic acid groups (broad SMARTS) is 1. The van der Waals surface area contributed by atoms with Crippen LogP contribution in [0.5, 0.6) is 0 Å². The lowest BCUT2D eigenvalue weighted by atomic mass is 9.93. The van der Waals surface area contributed by atoms with Gasteiger partial charge < -0.3 is 10.0 Å². The third kappa shape index (κ3) is 4.71. The van der Waals surface area contributed by atoms with E-state index >= 15 is 0 Å². The first-order valence-corrected chi connectivity index (χ1v) is 12.3. The van der Waals surface area contributed by atoms with Crippen molar-refractivity contribution in [3.8, 4) is 0 Å². The Bertz CT molecular complexity index is 1180. The Kier molecular flexibility index (Phi) is 6.37. The number of halogens is 1. The second-order valence-corrected chi connectivity index (χ2v) is 11.6. The minimum absolute atomic E-state index is 0.140. The fourth-order valence-electron chi connectivity index (χ4n) is 4.22. The van der Waals surface area contributed by atoms with Gasteiger partial charge in [-0.05, 0) is 45.5 Å². The molecule has 0 unspecified atom stereocenters. The van der Waals surface area contributed by atoms with Gasteiger partial charge in [0, 0.05) is 16.7 Å². The van der Waals surface area contributed by atoms with Gasteiger partial charge >= 0.3 is 5.97 Å². The van der Waals surface area contributed by atoms with Crippen LogP contribution in [0, 0.1) is 5.41 Å². The highest BCUT2D eigenvalue weighted by Gasteiger charge is 2.39. The number of benzene rings is 3. The molecule has 6 heteroatoms. The Morgan fingerprint density at radius 1 is 1.06 bits per heavy atom. The minimum Gasteiger partial charge on any atom is -0.481 e. The lowest BCUT2D eigenvalue weighted by molar-refractivity contribution is -0.138. The Morgan fingerprint density at radius 2 is 1.78 bits per heavy atom. The summed E-state index contributed by atoms with van der Waals surface area (Å²) >= 11 is 5.06. The van der Waals surface area contributed by atoms with Gasteiger partial charge in [-0.2, -0.15) is 0 Å². The molecular formula is C26H26BrNO3S. The van der Waals surface area contributed by atoms with Crippen molar-refractivity contribution in [2.75, 3.05) is 11.4 Å². The Balaban J connectivity index is 1.96. The smallest absolute Gasteiger partial charge is 0.305 e. The van der Waals surface area contributed by atoms with Crippen LogP contribution in [0.3, 0.4) is 0 Å². The van der Waals surface area contributed by atoms with Gasteiger partial charge in [0.1, 0.15) is 0 Å². The van der Waals surface area contributed by atoms with E-state index in [-0.39, 0.29) is 23.0 Å². The van der Waals surface area contributed by atoms with Gasteiger partial charge in [0.15, 0.2) is 0 Å². The highest BCUT2D eigenvalue weighted by atomic mass is 79.9. The van der Waals surface area contributed by atoms with E-state index in [1.165, 1.54) is 11.8 Å². The molecule has 1 heterocycles. The highest BCUT2D eigenvalue weighted by Crippen LogP contribution is 2.49. The van der Waals surface area contributed by atoms with Crippen molar-refractivity contribution in [3.05, 3.63) is 76.3 Å². The molecule has 4 rings (SSSR count). The van der Waals surface area contributed by atoms with Crippen LogP contribution >= 0.6 is 27.7 Å². The number of aliphatic carboxylic acids is 1. The maximum Gasteiger partial charge on any atom is 0.305 e. The summed E-state index contributed by atoms with van der Waals surface area (Å²) in [5.74, 6) is -1.10. The molecule has 0 spiro atoms. The number of carbonyl (C=O) groups is 2. The molecule has 0 fully saturated rings. The van der Waals surface area contributed by atoms with E-state index in [2.05, 4.69) is 67.0 Å². The molecule has 166 valence electrons. The quantitative estimate of drug-likeness (QED) is 0.425. The Morgan fingerprint density at radius 3 is 2.50 bits per heavy atom. The van der Waals surface area contributed by atoms with E-state index in [9.17, 15) is 14.7 Å². The van der Waals surface area contributed by atoms with Crippen molar-refractivity contribution in [1.82, 2.24) is 0 Å². The summed E-state index contributed by atoms with van der Waals surface area (Å²) in [5, 5.41) is 11.0. The molecule has 0 aromatic heterocycles. The van der Waals surface area contributed by atoms with Gasteiger partial charge in [0.2, 0.25) is 5.91 Å². The summed E-state index contributed by atoms with van der Waals surface area (Å²) in [4.78, 5) is 27.2. The second-order valence-electron chi connectivity index (χ2n) is 9.36. The number of anilines is 1. The van der Waals surface area contributed by atoms with Crippen LogP contribution in [-0.2, 0) is 9.59 Å². The van der Waals surface area contributed by atoms with Gasteiger partial charge in [0.05, 0.1) is 16.9 Å². The first-order valence-electron chi connectivity index (χ1n) is 10.6. The number of fused-ring (bicyclic) bond motifs is 2. The molecule has 1 amide bonds. The predicted octanol–water partition coefficient (Wildman–Crippen LogP) is 6.66. The zero-order valence-electron chi connectivity index (χ0n) is 18.3. The zero-order valence-corrected chi connectivity index (χ0v) is 20.7. The van der Waals surface area contributed by atoms with Gasteiger partial charge in [-0.1, -0.05) is 79.2 Å². The van der Waals surface area contributed by atoms with Gasteiger partial charge in [-0.15, -0.1) is 11.8 Å². The standard InChI is InChI=1S/C26H26BrNO3S/c1-26(2,3)15-28-21-12-11-17(27)13-20(21)24(32-22(25(28)31)14-23(29)30)19-10-6-8-16-7-4-5-9-18(16)19/h4-13,22,24H,14-15H2,1-3H3,(H,29,30)/t22-,24-/m1/s1. The number of carbonyl (C=O) groups excluding carboxylic acids is 1. The van der Waals surface area contributed by atoms with Crippen molar-refractivity contribution in [2.24, 2.45) is 5.41 Å². The summed E-state index contributed by atoms with van der Waals surface area (Å²) in [6, 6.07) is 20.4. The lowest BCUT2D eigenvalue weighted by Gasteiger charge is -2.31. The van der Waals surface area contributed by atoms with E-state index < -0.39 is 11.2 Å². The van der Waals surface area contributed by atoms with E-state index in [0.29, 0.717) is 6.54 Å². The maximum absolute atomic E-state index is 13.7. The van der Waals surface area contributed by atoms with Gasteiger partial charge in [-0.25, -0.2) is 0 Å². The molecular weight excluding hydrogens is 486 g/mol. The van der Waals surface area contributed by atoms with Crippen LogP contribution in [0.15, 0.2) is 65.1 Å². The molecule has 0 aliphatic carbocycles. The van der Waals surface area contributed by atoms with Crippen molar-refractivity contribution < 1.29 is 14.7 Å². The largest absolute Gasteiger partial charge is 0.481 e. The average Bonchev–Trinajstić information content (AvgIpc) is 2.82. The van der Waals surface area contributed by atoms with Crippen LogP contribution in [0.2, 0.25) is 0 Å². The fraction of sp³-hybridized carbons (Fsp3) is 0.308. The van der Waals surface area contributed by atoms with E-state index in [4.69, 9.17) is 0 Å². The number of rotatable bonds is 4. The third-order valence-corrected chi connectivity index (χ3v) is 7.47. The second kappa shape index (κ2) is 8.91. The van der Waals surface area contributed by atoms with Crippen molar-refractivity contribution in [2.45, 2.75) is 37.7 Å². The Labute approximate surface area is 201 Å². The summed E-state index contributed by atoms with van der Waals surface area (Å²) in [6.07, 6.45) is -0.208. The number of nitrogens with zero attached hydrogens (tertiary/aromatic N) is 1. The van der Waals surface area contributed by atoms with E-state index in [1.807, 2.05) is 30.3 Å². The molecule has 3 aromatic carbocycles. The third-order valence-electron chi connectivity index (χ3n) is 5.50. The number of carboxylic acids is 1. The molecule has 1 N–H and O–H groups in total. The number of thioether (sulfide) groups is 1. The molecule has 1 aliphatic rings. The summed E-state index contributed by atoms with van der Waals surface area (Å²) in [5.41, 5.74) is 2.82. The molecule has 0 saturated carbocycles. The van der Waals surface area contributed by atoms with Crippen LogP contribution in [0.25, 0.3) is 10.8 Å². The maximum atomic E-state index is 13.7. The normalized spacial score (nSPS) is 19.0. The summed E-state index contributed by atoms with van der Waals surface area (Å²) < 4.78 is 0.932. The summed E-state index contributed by atoms with van der Waals surface area (Å²) in [6.45, 7) is 6.78. The molecule has 4 nitrogen and oxygen atoms in total. The van der Waals surface area contributed by atoms with Crippen molar-refractivity contribution in [3.63, 3.8) is 0 Å². The molecule has 1 aliphatic heterocycles. The SMILES string of the molecule is CC(C)(C)CN1C(=O)[C@@H](CC(=O)O)S[C@H](c2cccc3ccccc23)c2cc(Br)ccc21. The number of hydrogen-bond acceptors (Lipinski definition) is 3. The zero-order chi connectivity index (χ0) is 23.0. The van der Waals surface area contributed by atoms with Crippen LogP contribution in [0.1, 0.15) is 43.6 Å². The monoisotopic (exact) mass is 511 g/mol. The van der Waals surface area contributed by atoms with Crippen LogP contribution in [0.4, 0.5) is 5.69 Å². The Hall–Kier alpha value is -2.31. The average molecular weight is 512 g/mol. The van der Waals surface area contributed by atoms with Gasteiger partial charge in [-0.3, -0.25) is 9.59 Å². The van der Waals surface area contributed by atoms with E-state index in [1.54, 1.807) is 4.90 Å². The first-order chi connectivity index (χ1) is 15.1. The number of hydrogen-bond donors (Lipinski definition) is 1. The van der Waals surface area contributed by atoms with Crippen molar-refractivity contribution in [1.29, 1.82) is 0 Å². The van der Waals surface area contributed by atoms with Gasteiger partial charge in [0.25, 0.3) is 0 Å². The van der Waals surface area contributed by atoms with E-state index in [0.717, 1.165) is 32.1 Å². The molecule has 0 saturated heterocycles. The minimum atomic E-state index is -0.963. The molecule has 2 atom stereocenters. The highest BCUT2D eigenvalue weighted by molar-refractivity contribution is 9.10. The molecule has 0 radical (unpaired) electrons. The molecule has 3 aromatic rings. The fourth-order valence-corrected chi connectivity index (χ4v) is 6.10. The molecule has 0 bridgehead atoms. The predicted molar refractivity (Wildman–Crippen MR) is 135 cm³/mol. The molecule has 32 heavy (non-hydrogen) atoms. The topological polar surface area (TPSA) is 57.6 Å². The summed E-state index contributed by atoms with van der Waals surface area (Å²) in [7, 11) is 0.